The zero-order valence-electron chi connectivity index (χ0n) is 13.4. The number of halogens is 1. The van der Waals surface area contributed by atoms with Crippen LogP contribution < -0.4 is 0 Å². The molecular formula is C19H27ClS. The van der Waals surface area contributed by atoms with Gasteiger partial charge in [-0.3, -0.25) is 0 Å². The van der Waals surface area contributed by atoms with Gasteiger partial charge >= 0.3 is 0 Å². The number of thiophene rings is 1. The van der Waals surface area contributed by atoms with Crippen LogP contribution >= 0.6 is 22.9 Å². The van der Waals surface area contributed by atoms with E-state index in [0.29, 0.717) is 0 Å². The lowest BCUT2D eigenvalue weighted by Gasteiger charge is -2.55. The monoisotopic (exact) mass is 322 g/mol. The first-order chi connectivity index (χ1) is 9.91. The van der Waals surface area contributed by atoms with Crippen LogP contribution in [0.5, 0.6) is 0 Å². The molecule has 0 spiro atoms. The van der Waals surface area contributed by atoms with Crippen LogP contribution in [0.2, 0.25) is 0 Å². The summed E-state index contributed by atoms with van der Waals surface area (Å²) in [5, 5.41) is 0.265. The smallest absolute Gasteiger partial charge is 0.0712 e. The molecule has 0 nitrogen and oxygen atoms in total. The number of rotatable bonds is 2. The minimum atomic E-state index is 0.254. The van der Waals surface area contributed by atoms with E-state index in [4.69, 9.17) is 11.6 Å². The molecule has 2 heteroatoms. The van der Waals surface area contributed by atoms with Crippen molar-refractivity contribution < 1.29 is 0 Å². The Kier molecular flexibility index (Phi) is 3.47. The first-order valence-corrected chi connectivity index (χ1v) is 9.91. The summed E-state index contributed by atoms with van der Waals surface area (Å²) in [6.07, 6.45) is 7.41. The summed E-state index contributed by atoms with van der Waals surface area (Å²) in [5.74, 6) is 4.68. The van der Waals surface area contributed by atoms with Crippen LogP contribution in [0.3, 0.4) is 0 Å². The molecule has 21 heavy (non-hydrogen) atoms. The van der Waals surface area contributed by atoms with Gasteiger partial charge in [-0.2, -0.15) is 0 Å². The van der Waals surface area contributed by atoms with Gasteiger partial charge in [0.15, 0.2) is 0 Å². The summed E-state index contributed by atoms with van der Waals surface area (Å²) in [5.41, 5.74) is 0.254. The Morgan fingerprint density at radius 3 is 2.05 bits per heavy atom. The second kappa shape index (κ2) is 4.99. The van der Waals surface area contributed by atoms with E-state index in [2.05, 4.69) is 32.9 Å². The van der Waals surface area contributed by atoms with Crippen molar-refractivity contribution >= 4 is 22.9 Å². The van der Waals surface area contributed by atoms with E-state index in [0.717, 1.165) is 29.6 Å². The molecule has 0 aromatic carbocycles. The van der Waals surface area contributed by atoms with Crippen molar-refractivity contribution in [1.82, 2.24) is 0 Å². The highest BCUT2D eigenvalue weighted by atomic mass is 35.5. The molecule has 4 fully saturated rings. The molecule has 1 aromatic rings. The topological polar surface area (TPSA) is 0 Å². The molecule has 5 rings (SSSR count). The summed E-state index contributed by atoms with van der Waals surface area (Å²) in [4.78, 5) is 2.91. The Bertz CT molecular complexity index is 496. The summed E-state index contributed by atoms with van der Waals surface area (Å²) in [7, 11) is 0. The highest BCUT2D eigenvalue weighted by Gasteiger charge is 2.50. The molecule has 0 radical (unpaired) electrons. The minimum Gasteiger partial charge on any atom is -0.143 e. The molecule has 0 aliphatic heterocycles. The van der Waals surface area contributed by atoms with Crippen LogP contribution in [-0.4, -0.2) is 0 Å². The Morgan fingerprint density at radius 2 is 1.57 bits per heavy atom. The molecule has 4 saturated carbocycles. The van der Waals surface area contributed by atoms with E-state index in [1.807, 2.05) is 11.3 Å². The fourth-order valence-corrected chi connectivity index (χ4v) is 7.26. The zero-order valence-corrected chi connectivity index (χ0v) is 15.0. The Balaban J connectivity index is 1.57. The highest BCUT2D eigenvalue weighted by molar-refractivity contribution is 7.12. The van der Waals surface area contributed by atoms with Crippen molar-refractivity contribution in [1.29, 1.82) is 0 Å². The van der Waals surface area contributed by atoms with Crippen molar-refractivity contribution in [3.8, 4) is 0 Å². The van der Waals surface area contributed by atoms with Crippen LogP contribution in [0.1, 0.15) is 68.0 Å². The maximum atomic E-state index is 7.02. The van der Waals surface area contributed by atoms with Gasteiger partial charge in [-0.15, -0.1) is 22.9 Å². The first kappa shape index (κ1) is 14.6. The predicted octanol–water partition coefficient (Wildman–Crippen LogP) is 6.40. The van der Waals surface area contributed by atoms with Crippen LogP contribution in [0.4, 0.5) is 0 Å². The normalized spacial score (nSPS) is 39.7. The quantitative estimate of drug-likeness (QED) is 0.553. The largest absolute Gasteiger partial charge is 0.143 e. The van der Waals surface area contributed by atoms with Gasteiger partial charge in [0.1, 0.15) is 0 Å². The summed E-state index contributed by atoms with van der Waals surface area (Å²) in [6, 6.07) is 4.62. The van der Waals surface area contributed by atoms with Crippen molar-refractivity contribution in [3.05, 3.63) is 21.9 Å². The van der Waals surface area contributed by atoms with E-state index in [-0.39, 0.29) is 10.8 Å². The van der Waals surface area contributed by atoms with Gasteiger partial charge in [0.25, 0.3) is 0 Å². The number of hydrogen-bond acceptors (Lipinski definition) is 1. The van der Waals surface area contributed by atoms with Crippen LogP contribution in [0.15, 0.2) is 12.1 Å². The molecule has 4 aliphatic rings. The van der Waals surface area contributed by atoms with Crippen molar-refractivity contribution in [2.75, 3.05) is 0 Å². The Morgan fingerprint density at radius 1 is 1.00 bits per heavy atom. The molecule has 1 heterocycles. The molecule has 4 bridgehead atoms. The lowest BCUT2D eigenvalue weighted by molar-refractivity contribution is -0.0378. The molecule has 0 amide bonds. The number of hydrogen-bond donors (Lipinski definition) is 0. The summed E-state index contributed by atoms with van der Waals surface area (Å²) >= 11 is 8.98. The van der Waals surface area contributed by atoms with Gasteiger partial charge in [0, 0.05) is 9.75 Å². The van der Waals surface area contributed by atoms with E-state index in [9.17, 15) is 0 Å². The second-order valence-electron chi connectivity index (χ2n) is 8.86. The Labute approximate surface area is 138 Å². The van der Waals surface area contributed by atoms with Gasteiger partial charge < -0.3 is 0 Å². The summed E-state index contributed by atoms with van der Waals surface area (Å²) < 4.78 is 0. The third kappa shape index (κ3) is 2.49. The van der Waals surface area contributed by atoms with Gasteiger partial charge in [-0.25, -0.2) is 0 Å². The van der Waals surface area contributed by atoms with Crippen LogP contribution in [0, 0.1) is 29.6 Å². The van der Waals surface area contributed by atoms with E-state index >= 15 is 0 Å². The van der Waals surface area contributed by atoms with Gasteiger partial charge in [0.05, 0.1) is 5.38 Å². The molecular weight excluding hydrogens is 296 g/mol. The lowest BCUT2D eigenvalue weighted by atomic mass is 9.51. The van der Waals surface area contributed by atoms with E-state index < -0.39 is 0 Å². The molecule has 1 atom stereocenters. The first-order valence-electron chi connectivity index (χ1n) is 8.66. The fraction of sp³-hybridized carbons (Fsp3) is 0.789. The van der Waals surface area contributed by atoms with Crippen molar-refractivity contribution in [3.63, 3.8) is 0 Å². The SMILES string of the molecule is CC(C)(C)c1ccc(C(Cl)C2C3CC4CC(C3)CC2C4)s1. The zero-order chi connectivity index (χ0) is 14.8. The van der Waals surface area contributed by atoms with Crippen LogP contribution in [0.25, 0.3) is 0 Å². The van der Waals surface area contributed by atoms with Gasteiger partial charge in [-0.1, -0.05) is 20.8 Å². The Hall–Kier alpha value is -0.0100. The lowest BCUT2D eigenvalue weighted by Crippen LogP contribution is -2.46. The molecule has 1 unspecified atom stereocenters. The standard InChI is InChI=1S/C19H27ClS/c1-19(2,3)16-5-4-15(21-16)18(20)17-13-7-11-6-12(9-13)10-14(17)8-11/h4-5,11-14,17-18H,6-10H2,1-3H3. The third-order valence-electron chi connectivity index (χ3n) is 6.28. The average molecular weight is 323 g/mol. The second-order valence-corrected chi connectivity index (χ2v) is 10.4. The predicted molar refractivity (Wildman–Crippen MR) is 92.1 cm³/mol. The minimum absolute atomic E-state index is 0.254. The molecule has 1 aromatic heterocycles. The maximum Gasteiger partial charge on any atom is 0.0712 e. The van der Waals surface area contributed by atoms with Crippen molar-refractivity contribution in [2.45, 2.75) is 63.7 Å². The maximum absolute atomic E-state index is 7.02. The highest BCUT2D eigenvalue weighted by Crippen LogP contribution is 2.61. The van der Waals surface area contributed by atoms with Gasteiger partial charge in [-0.05, 0) is 79.2 Å². The van der Waals surface area contributed by atoms with E-state index in [1.165, 1.54) is 41.9 Å². The molecule has 116 valence electrons. The molecule has 0 N–H and O–H groups in total. The molecule has 4 aliphatic carbocycles. The fourth-order valence-electron chi connectivity index (χ4n) is 5.54. The number of alkyl halides is 1. The van der Waals surface area contributed by atoms with E-state index in [1.54, 1.807) is 0 Å². The average Bonchev–Trinajstić information content (AvgIpc) is 2.86. The van der Waals surface area contributed by atoms with Crippen molar-refractivity contribution in [2.24, 2.45) is 29.6 Å². The summed E-state index contributed by atoms with van der Waals surface area (Å²) in [6.45, 7) is 6.90. The third-order valence-corrected chi connectivity index (χ3v) is 8.52. The van der Waals surface area contributed by atoms with Gasteiger partial charge in [0.2, 0.25) is 0 Å². The van der Waals surface area contributed by atoms with Crippen LogP contribution in [-0.2, 0) is 5.41 Å². The molecule has 0 saturated heterocycles.